The number of nitrogens with one attached hydrogen (secondary N) is 1. The van der Waals surface area contributed by atoms with Crippen LogP contribution in [-0.2, 0) is 10.2 Å². The van der Waals surface area contributed by atoms with Crippen LogP contribution < -0.4 is 11.1 Å². The number of hydrogen-bond acceptors (Lipinski definition) is 3. The van der Waals surface area contributed by atoms with Gasteiger partial charge in [-0.3, -0.25) is 4.79 Å². The van der Waals surface area contributed by atoms with Crippen molar-refractivity contribution in [2.45, 2.75) is 81.7 Å². The second-order valence-electron chi connectivity index (χ2n) is 11.0. The van der Waals surface area contributed by atoms with Crippen molar-refractivity contribution in [1.82, 2.24) is 5.32 Å². The van der Waals surface area contributed by atoms with Gasteiger partial charge in [0, 0.05) is 12.1 Å². The molecule has 5 saturated carbocycles. The van der Waals surface area contributed by atoms with E-state index < -0.39 is 0 Å². The average Bonchev–Trinajstić information content (AvgIpc) is 2.69. The first kappa shape index (κ1) is 19.9. The third-order valence-corrected chi connectivity index (χ3v) is 9.51. The van der Waals surface area contributed by atoms with E-state index >= 15 is 0 Å². The Hall–Kier alpha value is -1.00. The zero-order valence-corrected chi connectivity index (χ0v) is 18.6. The Morgan fingerprint density at radius 2 is 1.83 bits per heavy atom. The molecule has 3 nitrogen and oxygen atoms in total. The van der Waals surface area contributed by atoms with Gasteiger partial charge >= 0.3 is 0 Å². The van der Waals surface area contributed by atoms with E-state index in [-0.39, 0.29) is 10.8 Å². The summed E-state index contributed by atoms with van der Waals surface area (Å²) in [4.78, 5) is 13.8. The molecular formula is C25H36N2OS. The molecule has 0 saturated heterocycles. The normalized spacial score (nSPS) is 43.3. The van der Waals surface area contributed by atoms with Crippen LogP contribution in [0.2, 0.25) is 0 Å². The Morgan fingerprint density at radius 1 is 1.07 bits per heavy atom. The predicted molar refractivity (Wildman–Crippen MR) is 121 cm³/mol. The number of rotatable bonds is 5. The topological polar surface area (TPSA) is 55.1 Å². The minimum atomic E-state index is -0.162. The molecule has 3 N–H and O–H groups in total. The monoisotopic (exact) mass is 412 g/mol. The number of amides is 1. The van der Waals surface area contributed by atoms with Crippen LogP contribution in [-0.4, -0.2) is 30.0 Å². The summed E-state index contributed by atoms with van der Waals surface area (Å²) in [5, 5.41) is 3.52. The Morgan fingerprint density at radius 3 is 2.55 bits per heavy atom. The van der Waals surface area contributed by atoms with Crippen molar-refractivity contribution in [3.8, 4) is 0 Å². The van der Waals surface area contributed by atoms with E-state index in [9.17, 15) is 4.79 Å². The Balaban J connectivity index is 1.46. The van der Waals surface area contributed by atoms with Gasteiger partial charge in [-0.05, 0) is 98.5 Å². The first-order chi connectivity index (χ1) is 14.0. The van der Waals surface area contributed by atoms with Gasteiger partial charge in [0.25, 0.3) is 0 Å². The van der Waals surface area contributed by atoms with Crippen LogP contribution in [0.15, 0.2) is 30.3 Å². The van der Waals surface area contributed by atoms with Gasteiger partial charge in [-0.25, -0.2) is 0 Å². The van der Waals surface area contributed by atoms with Crippen molar-refractivity contribution >= 4 is 17.7 Å². The van der Waals surface area contributed by atoms with E-state index in [2.05, 4.69) is 41.9 Å². The molecule has 1 amide bonds. The van der Waals surface area contributed by atoms with E-state index in [0.717, 1.165) is 44.9 Å². The quantitative estimate of drug-likeness (QED) is 0.740. The molecule has 0 radical (unpaired) electrons. The van der Waals surface area contributed by atoms with Crippen LogP contribution >= 0.6 is 11.8 Å². The third kappa shape index (κ3) is 3.44. The van der Waals surface area contributed by atoms with E-state index in [4.69, 9.17) is 5.73 Å². The maximum Gasteiger partial charge on any atom is 0.226 e. The molecule has 29 heavy (non-hydrogen) atoms. The van der Waals surface area contributed by atoms with Crippen molar-refractivity contribution in [3.63, 3.8) is 0 Å². The Labute approximate surface area is 180 Å². The summed E-state index contributed by atoms with van der Waals surface area (Å²) in [6, 6.07) is 11.8. The molecule has 1 aromatic carbocycles. The summed E-state index contributed by atoms with van der Waals surface area (Å²) < 4.78 is 0. The highest BCUT2D eigenvalue weighted by atomic mass is 32.2. The fourth-order valence-electron chi connectivity index (χ4n) is 8.07. The van der Waals surface area contributed by atoms with E-state index in [1.165, 1.54) is 30.6 Å². The molecule has 5 aliphatic rings. The number of hydrogen-bond donors (Lipinski definition) is 2. The zero-order chi connectivity index (χ0) is 20.1. The molecule has 4 atom stereocenters. The van der Waals surface area contributed by atoms with E-state index in [1.807, 2.05) is 11.8 Å². The first-order valence-electron chi connectivity index (χ1n) is 11.6. The molecule has 4 heteroatoms. The van der Waals surface area contributed by atoms with Gasteiger partial charge in [0.15, 0.2) is 0 Å². The predicted octanol–water partition coefficient (Wildman–Crippen LogP) is 4.64. The van der Waals surface area contributed by atoms with Crippen molar-refractivity contribution in [3.05, 3.63) is 35.9 Å². The first-order valence-corrected chi connectivity index (χ1v) is 13.0. The van der Waals surface area contributed by atoms with Crippen LogP contribution in [0, 0.1) is 16.7 Å². The lowest BCUT2D eigenvalue weighted by atomic mass is 9.38. The van der Waals surface area contributed by atoms with E-state index in [1.54, 1.807) is 0 Å². The highest BCUT2D eigenvalue weighted by Gasteiger charge is 2.65. The van der Waals surface area contributed by atoms with Gasteiger partial charge in [-0.15, -0.1) is 0 Å². The van der Waals surface area contributed by atoms with Crippen LogP contribution in [0.3, 0.4) is 0 Å². The molecule has 5 aliphatic carbocycles. The minimum absolute atomic E-state index is 0.162. The Bertz CT molecular complexity index is 761. The molecule has 0 aromatic heterocycles. The third-order valence-electron chi connectivity index (χ3n) is 8.61. The number of carbonyl (C=O) groups excluding carboxylic acids is 1. The molecular weight excluding hydrogens is 376 g/mol. The molecule has 158 valence electrons. The second-order valence-corrected chi connectivity index (χ2v) is 11.8. The smallest absolute Gasteiger partial charge is 0.226 e. The summed E-state index contributed by atoms with van der Waals surface area (Å²) >= 11 is 1.98. The van der Waals surface area contributed by atoms with Gasteiger partial charge < -0.3 is 11.1 Å². The molecule has 5 fully saturated rings. The SMILES string of the molecule is CSC[C@]12CC3CC(C(=O)N[C@H]4CC[C@H](N)CC4)(CC(c4ccccc4)(C3)C1)C2. The number of benzene rings is 1. The fraction of sp³-hybridized carbons (Fsp3) is 0.720. The summed E-state index contributed by atoms with van der Waals surface area (Å²) in [5.41, 5.74) is 7.94. The molecule has 4 bridgehead atoms. The van der Waals surface area contributed by atoms with Crippen LogP contribution in [0.4, 0.5) is 0 Å². The Kier molecular flexibility index (Phi) is 5.02. The molecule has 3 unspecified atom stereocenters. The molecule has 0 heterocycles. The summed E-state index contributed by atoms with van der Waals surface area (Å²) in [6.07, 6.45) is 13.6. The number of nitrogens with two attached hydrogens (primary N) is 1. The van der Waals surface area contributed by atoms with Crippen LogP contribution in [0.5, 0.6) is 0 Å². The van der Waals surface area contributed by atoms with Gasteiger partial charge in [-0.2, -0.15) is 11.8 Å². The second kappa shape index (κ2) is 7.30. The zero-order valence-electron chi connectivity index (χ0n) is 17.8. The molecule has 0 aliphatic heterocycles. The van der Waals surface area contributed by atoms with Gasteiger partial charge in [-0.1, -0.05) is 30.3 Å². The van der Waals surface area contributed by atoms with Gasteiger partial charge in [0.1, 0.15) is 0 Å². The maximum absolute atomic E-state index is 13.8. The minimum Gasteiger partial charge on any atom is -0.353 e. The van der Waals surface area contributed by atoms with E-state index in [0.29, 0.717) is 29.3 Å². The molecule has 0 spiro atoms. The highest BCUT2D eigenvalue weighted by Crippen LogP contribution is 2.70. The maximum atomic E-state index is 13.8. The van der Waals surface area contributed by atoms with Crippen molar-refractivity contribution in [2.75, 3.05) is 12.0 Å². The molecule has 1 aromatic rings. The summed E-state index contributed by atoms with van der Waals surface area (Å²) in [6.45, 7) is 0. The average molecular weight is 413 g/mol. The van der Waals surface area contributed by atoms with Gasteiger partial charge in [0.2, 0.25) is 5.91 Å². The summed E-state index contributed by atoms with van der Waals surface area (Å²) in [7, 11) is 0. The van der Waals surface area contributed by atoms with Crippen molar-refractivity contribution in [2.24, 2.45) is 22.5 Å². The van der Waals surface area contributed by atoms with Crippen LogP contribution in [0.1, 0.15) is 69.8 Å². The molecule has 6 rings (SSSR count). The van der Waals surface area contributed by atoms with Crippen molar-refractivity contribution in [1.29, 1.82) is 0 Å². The van der Waals surface area contributed by atoms with Crippen molar-refractivity contribution < 1.29 is 4.79 Å². The standard InChI is InChI=1S/C25H36N2OS/c1-29-17-23-11-18-12-24(14-23,19-5-3-2-4-6-19)16-25(13-18,15-23)22(28)27-21-9-7-20(26)8-10-21/h2-6,18,20-21H,7-17,26H2,1H3,(H,27,28)/t18?,20-,21-,23-,24?,25?/m1/s1. The fourth-order valence-corrected chi connectivity index (χ4v) is 9.01. The lowest BCUT2D eigenvalue weighted by Crippen LogP contribution is -2.64. The van der Waals surface area contributed by atoms with Crippen LogP contribution in [0.25, 0.3) is 0 Å². The number of thioether (sulfide) groups is 1. The highest BCUT2D eigenvalue weighted by molar-refractivity contribution is 7.98. The summed E-state index contributed by atoms with van der Waals surface area (Å²) in [5.74, 6) is 2.27. The van der Waals surface area contributed by atoms with Gasteiger partial charge in [0.05, 0.1) is 5.41 Å². The largest absolute Gasteiger partial charge is 0.353 e. The lowest BCUT2D eigenvalue weighted by Gasteiger charge is -2.66. The lowest BCUT2D eigenvalue weighted by molar-refractivity contribution is -0.160. The number of carbonyl (C=O) groups is 1.